The first-order valence-corrected chi connectivity index (χ1v) is 16.9. The predicted molar refractivity (Wildman–Crippen MR) is 186 cm³/mol. The number of carbonyl (C=O) groups excluding carboxylic acids is 1. The van der Waals surface area contributed by atoms with Gasteiger partial charge in [-0.2, -0.15) is 0 Å². The number of aryl methyl sites for hydroxylation is 2. The highest BCUT2D eigenvalue weighted by Crippen LogP contribution is 2.37. The van der Waals surface area contributed by atoms with E-state index in [1.165, 1.54) is 6.92 Å². The third-order valence-corrected chi connectivity index (χ3v) is 12.0. The van der Waals surface area contributed by atoms with Crippen LogP contribution in [0.3, 0.4) is 0 Å². The van der Waals surface area contributed by atoms with Crippen LogP contribution < -0.4 is 0 Å². The van der Waals surface area contributed by atoms with Crippen molar-refractivity contribution in [3.8, 4) is 0 Å². The third kappa shape index (κ3) is 9.44. The van der Waals surface area contributed by atoms with E-state index in [0.717, 1.165) is 44.1 Å². The van der Waals surface area contributed by atoms with Crippen molar-refractivity contribution >= 4 is 54.1 Å². The molecule has 0 fully saturated rings. The van der Waals surface area contributed by atoms with Gasteiger partial charge in [0, 0.05) is 34.3 Å². The van der Waals surface area contributed by atoms with E-state index >= 15 is 0 Å². The zero-order chi connectivity index (χ0) is 30.5. The quantitative estimate of drug-likeness (QED) is 0.119. The molecule has 6 nitrogen and oxygen atoms in total. The average Bonchev–Trinajstić information content (AvgIpc) is 2.90. The number of ether oxygens (including phenoxy) is 1. The van der Waals surface area contributed by atoms with Crippen molar-refractivity contribution in [2.45, 2.75) is 87.2 Å². The highest BCUT2D eigenvalue weighted by Gasteiger charge is 2.37. The first kappa shape index (κ1) is 37.9. The molecule has 0 spiro atoms. The lowest BCUT2D eigenvalue weighted by atomic mass is 10.0. The largest absolute Gasteiger partial charge is 0.494 e. The molecule has 0 aliphatic heterocycles. The summed E-state index contributed by atoms with van der Waals surface area (Å²) in [6, 6.07) is 12.0. The lowest BCUT2D eigenvalue weighted by Crippen LogP contribution is -2.40. The molecule has 2 heterocycles. The second-order valence-electron chi connectivity index (χ2n) is 12.1. The maximum absolute atomic E-state index is 11.5. The Labute approximate surface area is 265 Å². The van der Waals surface area contributed by atoms with Gasteiger partial charge in [0.1, 0.15) is 5.76 Å². The number of rotatable bonds is 8. The molecule has 0 bridgehead atoms. The number of ketones is 1. The second-order valence-corrected chi connectivity index (χ2v) is 16.9. The molecule has 0 unspecified atom stereocenters. The van der Waals surface area contributed by atoms with Gasteiger partial charge < -0.3 is 14.3 Å². The van der Waals surface area contributed by atoms with E-state index < -0.39 is 8.32 Å². The lowest BCUT2D eigenvalue weighted by Gasteiger charge is -2.36. The Bertz CT molecular complexity index is 1580. The Morgan fingerprint density at radius 1 is 0.907 bits per heavy atom. The van der Waals surface area contributed by atoms with E-state index in [9.17, 15) is 4.79 Å². The Morgan fingerprint density at radius 2 is 1.40 bits per heavy atom. The molecule has 4 rings (SSSR count). The highest BCUT2D eigenvalue weighted by atomic mass is 35.5. The normalized spacial score (nSPS) is 11.2. The van der Waals surface area contributed by atoms with Gasteiger partial charge in [0.25, 0.3) is 0 Å². The Hall–Kier alpha value is -3.10. The fourth-order valence-electron chi connectivity index (χ4n) is 4.23. The fraction of sp³-hybridized carbons (Fsp3) is 0.400. The summed E-state index contributed by atoms with van der Waals surface area (Å²) in [6.07, 6.45) is 3.63. The molecule has 2 aromatic heterocycles. The van der Waals surface area contributed by atoms with Crippen LogP contribution in [0.15, 0.2) is 55.4 Å². The number of hydrogen-bond acceptors (Lipinski definition) is 6. The topological polar surface area (TPSA) is 81.5 Å². The van der Waals surface area contributed by atoms with Crippen LogP contribution in [0.1, 0.15) is 80.2 Å². The van der Waals surface area contributed by atoms with Crippen molar-refractivity contribution in [2.24, 2.45) is 0 Å². The molecule has 1 N–H and O–H groups in total. The summed E-state index contributed by atoms with van der Waals surface area (Å²) in [5.74, 6) is 0.634. The van der Waals surface area contributed by atoms with Gasteiger partial charge in [0.05, 0.1) is 30.9 Å². The molecule has 43 heavy (non-hydrogen) atoms. The molecule has 0 saturated carbocycles. The SMILES string of the molecule is C.C=C(OCC)c1cc(CO[Si](C)(C)C(C)(C)C)cc2cc(C)cnc12.CC(=O)c1cc(CO)cc2cc(C)cnc12.Cl. The Balaban J connectivity index is 0.000000446. The highest BCUT2D eigenvalue weighted by molar-refractivity contribution is 6.74. The monoisotopic (exact) mass is 624 g/mol. The number of carbonyl (C=O) groups is 1. The van der Waals surface area contributed by atoms with Gasteiger partial charge in [0.15, 0.2) is 14.1 Å². The molecule has 8 heteroatoms. The van der Waals surface area contributed by atoms with Crippen molar-refractivity contribution < 1.29 is 19.1 Å². The van der Waals surface area contributed by atoms with Crippen LogP contribution in [-0.4, -0.2) is 35.8 Å². The van der Waals surface area contributed by atoms with Gasteiger partial charge >= 0.3 is 0 Å². The van der Waals surface area contributed by atoms with Gasteiger partial charge in [-0.05, 0) is 104 Å². The summed E-state index contributed by atoms with van der Waals surface area (Å²) in [4.78, 5) is 20.4. The number of fused-ring (bicyclic) bond motifs is 2. The molecule has 0 saturated heterocycles. The summed E-state index contributed by atoms with van der Waals surface area (Å²) < 4.78 is 12.1. The van der Waals surface area contributed by atoms with E-state index in [0.29, 0.717) is 30.1 Å². The molecular formula is C35H49ClN2O4Si. The summed E-state index contributed by atoms with van der Waals surface area (Å²) in [5.41, 5.74) is 7.22. The van der Waals surface area contributed by atoms with Gasteiger partial charge in [-0.15, -0.1) is 12.4 Å². The number of pyridine rings is 2. The van der Waals surface area contributed by atoms with Crippen LogP contribution in [0.25, 0.3) is 27.6 Å². The molecule has 0 amide bonds. The van der Waals surface area contributed by atoms with E-state index in [4.69, 9.17) is 14.3 Å². The maximum Gasteiger partial charge on any atom is 0.192 e. The van der Waals surface area contributed by atoms with Crippen LogP contribution in [0, 0.1) is 13.8 Å². The van der Waals surface area contributed by atoms with Gasteiger partial charge in [0.2, 0.25) is 0 Å². The summed E-state index contributed by atoms with van der Waals surface area (Å²) >= 11 is 0. The number of aliphatic hydroxyl groups excluding tert-OH is 1. The van der Waals surface area contributed by atoms with Crippen LogP contribution in [-0.2, 0) is 22.4 Å². The van der Waals surface area contributed by atoms with Crippen LogP contribution >= 0.6 is 12.4 Å². The second kappa shape index (κ2) is 15.6. The molecule has 0 aliphatic carbocycles. The van der Waals surface area contributed by atoms with E-state index in [1.54, 1.807) is 12.3 Å². The molecule has 0 radical (unpaired) electrons. The molecule has 4 aromatic rings. The minimum Gasteiger partial charge on any atom is -0.494 e. The number of Topliss-reactive ketones (excluding diaryl/α,β-unsaturated/α-hetero) is 1. The first-order chi connectivity index (χ1) is 19.2. The van der Waals surface area contributed by atoms with Crippen molar-refractivity contribution in [1.82, 2.24) is 9.97 Å². The smallest absolute Gasteiger partial charge is 0.192 e. The third-order valence-electron chi connectivity index (χ3n) is 7.55. The van der Waals surface area contributed by atoms with Crippen molar-refractivity contribution in [1.29, 1.82) is 0 Å². The van der Waals surface area contributed by atoms with E-state index in [2.05, 4.69) is 75.5 Å². The molecule has 0 aliphatic rings. The molecule has 0 atom stereocenters. The number of aliphatic hydroxyl groups is 1. The van der Waals surface area contributed by atoms with E-state index in [1.807, 2.05) is 32.2 Å². The fourth-order valence-corrected chi connectivity index (χ4v) is 5.19. The minimum absolute atomic E-state index is 0. The number of benzene rings is 2. The van der Waals surface area contributed by atoms with E-state index in [-0.39, 0.29) is 37.3 Å². The van der Waals surface area contributed by atoms with Crippen molar-refractivity contribution in [2.75, 3.05) is 6.61 Å². The van der Waals surface area contributed by atoms with Crippen LogP contribution in [0.5, 0.6) is 0 Å². The average molecular weight is 625 g/mol. The predicted octanol–water partition coefficient (Wildman–Crippen LogP) is 9.37. The Morgan fingerprint density at radius 3 is 1.86 bits per heavy atom. The first-order valence-electron chi connectivity index (χ1n) is 14.0. The maximum atomic E-state index is 11.5. The van der Waals surface area contributed by atoms with Gasteiger partial charge in [-0.25, -0.2) is 0 Å². The van der Waals surface area contributed by atoms with Crippen molar-refractivity contribution in [3.63, 3.8) is 0 Å². The van der Waals surface area contributed by atoms with Gasteiger partial charge in [-0.3, -0.25) is 14.8 Å². The number of nitrogens with zero attached hydrogens (tertiary/aromatic N) is 2. The number of hydrogen-bond donors (Lipinski definition) is 1. The zero-order valence-corrected chi connectivity index (χ0v) is 28.2. The molecular weight excluding hydrogens is 576 g/mol. The molecule has 2 aromatic carbocycles. The van der Waals surface area contributed by atoms with Crippen molar-refractivity contribution in [3.05, 3.63) is 88.8 Å². The number of halogens is 1. The Kier molecular flexibility index (Phi) is 13.7. The zero-order valence-electron chi connectivity index (χ0n) is 26.4. The minimum atomic E-state index is -1.80. The summed E-state index contributed by atoms with van der Waals surface area (Å²) in [6.45, 7) is 24.0. The lowest BCUT2D eigenvalue weighted by molar-refractivity contribution is 0.101. The standard InChI is InChI=1S/C21H31NO2Si.C13H13NO2.CH4.ClH/c1-9-23-16(3)19-12-17(14-24-25(7,8)21(4,5)6)11-18-10-15(2)13-22-20(18)19;1-8-3-11-4-10(7-15)5-12(9(2)16)13(11)14-6-8;;/h10-13H,3,9,14H2,1-2,4-8H3;3-6,15H,7H2,1-2H3;1H4;1H. The molecule has 234 valence electrons. The summed E-state index contributed by atoms with van der Waals surface area (Å²) in [5, 5.41) is 11.3. The number of aromatic nitrogens is 2. The summed E-state index contributed by atoms with van der Waals surface area (Å²) in [7, 11) is -1.80. The van der Waals surface area contributed by atoms with Gasteiger partial charge in [-0.1, -0.05) is 34.8 Å². The van der Waals surface area contributed by atoms with Crippen LogP contribution in [0.2, 0.25) is 18.1 Å². The van der Waals surface area contributed by atoms with Crippen LogP contribution in [0.4, 0.5) is 0 Å².